The Hall–Kier alpha value is -1.51. The molecule has 1 aliphatic carbocycles. The molecule has 0 bridgehead atoms. The lowest BCUT2D eigenvalue weighted by molar-refractivity contribution is -0.140. The highest BCUT2D eigenvalue weighted by Gasteiger charge is 2.28. The summed E-state index contributed by atoms with van der Waals surface area (Å²) in [4.78, 5) is 13.2. The Bertz CT molecular complexity index is 470. The highest BCUT2D eigenvalue weighted by Crippen LogP contribution is 2.29. The van der Waals surface area contributed by atoms with Gasteiger partial charge in [0.05, 0.1) is 5.92 Å². The van der Waals surface area contributed by atoms with Crippen LogP contribution in [0.2, 0.25) is 0 Å². The zero-order valence-electron chi connectivity index (χ0n) is 10.6. The number of carboxylic acid groups (broad SMARTS) is 1. The van der Waals surface area contributed by atoms with E-state index in [4.69, 9.17) is 5.11 Å². The topological polar surface area (TPSA) is 40.5 Å². The lowest BCUT2D eigenvalue weighted by Gasteiger charge is -2.22. The van der Waals surface area contributed by atoms with Crippen molar-refractivity contribution in [3.63, 3.8) is 0 Å². The Morgan fingerprint density at radius 1 is 1.22 bits per heavy atom. The van der Waals surface area contributed by atoms with Crippen molar-refractivity contribution < 1.29 is 9.90 Å². The van der Waals surface area contributed by atoms with Crippen molar-refractivity contribution in [3.05, 3.63) is 29.3 Å². The zero-order chi connectivity index (χ0) is 12.5. The molecule has 1 aromatic carbocycles. The first-order chi connectivity index (χ1) is 8.74. The second kappa shape index (κ2) is 4.63. The van der Waals surface area contributed by atoms with Gasteiger partial charge in [-0.2, -0.15) is 0 Å². The average Bonchev–Trinajstić information content (AvgIpc) is 2.88. The number of rotatable bonds is 2. The smallest absolute Gasteiger partial charge is 0.308 e. The Balaban J connectivity index is 1.79. The Morgan fingerprint density at radius 3 is 2.72 bits per heavy atom. The largest absolute Gasteiger partial charge is 0.481 e. The van der Waals surface area contributed by atoms with E-state index in [1.165, 1.54) is 42.5 Å². The summed E-state index contributed by atoms with van der Waals surface area (Å²) in [5, 5.41) is 9.04. The van der Waals surface area contributed by atoms with Crippen molar-refractivity contribution >= 4 is 11.7 Å². The van der Waals surface area contributed by atoms with Crippen molar-refractivity contribution in [2.75, 3.05) is 18.0 Å². The number of carbonyl (C=O) groups is 1. The number of aryl methyl sites for hydroxylation is 2. The fourth-order valence-electron chi connectivity index (χ4n) is 3.11. The van der Waals surface area contributed by atoms with Crippen molar-refractivity contribution in [1.82, 2.24) is 0 Å². The van der Waals surface area contributed by atoms with Crippen LogP contribution in [0.15, 0.2) is 18.2 Å². The van der Waals surface area contributed by atoms with Crippen molar-refractivity contribution in [1.29, 1.82) is 0 Å². The summed E-state index contributed by atoms with van der Waals surface area (Å²) < 4.78 is 0. The summed E-state index contributed by atoms with van der Waals surface area (Å²) in [6, 6.07) is 6.67. The van der Waals surface area contributed by atoms with Gasteiger partial charge in [-0.15, -0.1) is 0 Å². The minimum absolute atomic E-state index is 0.193. The highest BCUT2D eigenvalue weighted by atomic mass is 16.4. The molecule has 1 aromatic rings. The number of hydrogen-bond donors (Lipinski definition) is 1. The minimum atomic E-state index is -0.657. The zero-order valence-corrected chi connectivity index (χ0v) is 10.6. The Morgan fingerprint density at radius 2 is 2.00 bits per heavy atom. The number of benzene rings is 1. The molecule has 1 heterocycles. The number of fused-ring (bicyclic) bond motifs is 1. The van der Waals surface area contributed by atoms with E-state index in [0.717, 1.165) is 13.0 Å². The van der Waals surface area contributed by atoms with Gasteiger partial charge in [0, 0.05) is 18.8 Å². The molecule has 0 aromatic heterocycles. The van der Waals surface area contributed by atoms with Gasteiger partial charge in [0.2, 0.25) is 0 Å². The summed E-state index contributed by atoms with van der Waals surface area (Å²) in [5.41, 5.74) is 4.16. The molecule has 18 heavy (non-hydrogen) atoms. The molecule has 1 saturated heterocycles. The molecule has 3 rings (SSSR count). The van der Waals surface area contributed by atoms with Gasteiger partial charge in [-0.3, -0.25) is 4.79 Å². The quantitative estimate of drug-likeness (QED) is 0.870. The van der Waals surface area contributed by atoms with E-state index in [1.54, 1.807) is 0 Å². The SMILES string of the molecule is O=C(O)C1CCN(c2ccc3c(c2)CCCC3)C1. The first-order valence-electron chi connectivity index (χ1n) is 6.83. The molecule has 0 spiro atoms. The van der Waals surface area contributed by atoms with Crippen LogP contribution in [0.1, 0.15) is 30.4 Å². The molecule has 0 radical (unpaired) electrons. The van der Waals surface area contributed by atoms with Crippen LogP contribution in [0, 0.1) is 5.92 Å². The summed E-state index contributed by atoms with van der Waals surface area (Å²) >= 11 is 0. The van der Waals surface area contributed by atoms with Crippen LogP contribution in [0.25, 0.3) is 0 Å². The van der Waals surface area contributed by atoms with E-state index < -0.39 is 5.97 Å². The summed E-state index contributed by atoms with van der Waals surface area (Å²) in [5.74, 6) is -0.850. The van der Waals surface area contributed by atoms with Crippen LogP contribution < -0.4 is 4.90 Å². The normalized spacial score (nSPS) is 22.9. The van der Waals surface area contributed by atoms with Crippen LogP contribution in [-0.4, -0.2) is 24.2 Å². The van der Waals surface area contributed by atoms with E-state index in [1.807, 2.05) is 0 Å². The van der Waals surface area contributed by atoms with E-state index in [2.05, 4.69) is 23.1 Å². The molecule has 1 N–H and O–H groups in total. The van der Waals surface area contributed by atoms with Crippen molar-refractivity contribution in [3.8, 4) is 0 Å². The van der Waals surface area contributed by atoms with Crippen molar-refractivity contribution in [2.45, 2.75) is 32.1 Å². The number of nitrogens with zero attached hydrogens (tertiary/aromatic N) is 1. The van der Waals surface area contributed by atoms with E-state index in [-0.39, 0.29) is 5.92 Å². The molecule has 1 unspecified atom stereocenters. The minimum Gasteiger partial charge on any atom is -0.481 e. The maximum atomic E-state index is 11.0. The van der Waals surface area contributed by atoms with Crippen LogP contribution in [0.3, 0.4) is 0 Å². The summed E-state index contributed by atoms with van der Waals surface area (Å²) in [6.45, 7) is 1.53. The van der Waals surface area contributed by atoms with Crippen LogP contribution >= 0.6 is 0 Å². The predicted octanol–water partition coefficient (Wildman–Crippen LogP) is 2.48. The van der Waals surface area contributed by atoms with Crippen molar-refractivity contribution in [2.24, 2.45) is 5.92 Å². The summed E-state index contributed by atoms with van der Waals surface area (Å²) in [7, 11) is 0. The predicted molar refractivity (Wildman–Crippen MR) is 71.0 cm³/mol. The van der Waals surface area contributed by atoms with Crippen LogP contribution in [0.4, 0.5) is 5.69 Å². The van der Waals surface area contributed by atoms with Gasteiger partial charge in [-0.1, -0.05) is 6.07 Å². The molecule has 96 valence electrons. The van der Waals surface area contributed by atoms with E-state index >= 15 is 0 Å². The maximum absolute atomic E-state index is 11.0. The molecule has 1 fully saturated rings. The van der Waals surface area contributed by atoms with Gasteiger partial charge in [0.25, 0.3) is 0 Å². The molecular formula is C15H19NO2. The van der Waals surface area contributed by atoms with Gasteiger partial charge in [0.1, 0.15) is 0 Å². The fourth-order valence-corrected chi connectivity index (χ4v) is 3.11. The van der Waals surface area contributed by atoms with Gasteiger partial charge < -0.3 is 10.0 Å². The Labute approximate surface area is 107 Å². The third-order valence-electron chi connectivity index (χ3n) is 4.23. The highest BCUT2D eigenvalue weighted by molar-refractivity contribution is 5.72. The third-order valence-corrected chi connectivity index (χ3v) is 4.23. The average molecular weight is 245 g/mol. The summed E-state index contributed by atoms with van der Waals surface area (Å²) in [6.07, 6.45) is 5.74. The molecule has 0 amide bonds. The van der Waals surface area contributed by atoms with Crippen LogP contribution in [-0.2, 0) is 17.6 Å². The van der Waals surface area contributed by atoms with Gasteiger partial charge >= 0.3 is 5.97 Å². The number of anilines is 1. The van der Waals surface area contributed by atoms with E-state index in [0.29, 0.717) is 6.54 Å². The lowest BCUT2D eigenvalue weighted by atomic mass is 9.91. The van der Waals surface area contributed by atoms with Gasteiger partial charge in [-0.25, -0.2) is 0 Å². The Kier molecular flexibility index (Phi) is 2.98. The third kappa shape index (κ3) is 2.09. The molecule has 1 atom stereocenters. The standard InChI is InChI=1S/C15H19NO2/c17-15(18)13-7-8-16(10-13)14-6-5-11-3-1-2-4-12(11)9-14/h5-6,9,13H,1-4,7-8,10H2,(H,17,18). The second-order valence-electron chi connectivity index (χ2n) is 5.43. The van der Waals surface area contributed by atoms with Gasteiger partial charge in [0.15, 0.2) is 0 Å². The van der Waals surface area contributed by atoms with Crippen LogP contribution in [0.5, 0.6) is 0 Å². The molecule has 1 aliphatic heterocycles. The molecular weight excluding hydrogens is 226 g/mol. The molecule has 2 aliphatic rings. The molecule has 3 nitrogen and oxygen atoms in total. The second-order valence-corrected chi connectivity index (χ2v) is 5.43. The number of carboxylic acids is 1. The monoisotopic (exact) mass is 245 g/mol. The number of aliphatic carboxylic acids is 1. The maximum Gasteiger partial charge on any atom is 0.308 e. The molecule has 3 heteroatoms. The molecule has 0 saturated carbocycles. The number of hydrogen-bond acceptors (Lipinski definition) is 2. The van der Waals surface area contributed by atoms with Gasteiger partial charge in [-0.05, 0) is 55.4 Å². The first kappa shape index (κ1) is 11.6. The first-order valence-corrected chi connectivity index (χ1v) is 6.83. The van der Waals surface area contributed by atoms with E-state index in [9.17, 15) is 4.79 Å². The lowest BCUT2D eigenvalue weighted by Crippen LogP contribution is -2.23. The fraction of sp³-hybridized carbons (Fsp3) is 0.533.